The first-order chi connectivity index (χ1) is 21.8. The van der Waals surface area contributed by atoms with Crippen LogP contribution in [0, 0.1) is 11.0 Å². The molecular weight excluding hydrogens is 605 g/mol. The van der Waals surface area contributed by atoms with Gasteiger partial charge in [-0.25, -0.2) is 9.18 Å². The van der Waals surface area contributed by atoms with Crippen molar-refractivity contribution in [3.8, 4) is 27.9 Å². The van der Waals surface area contributed by atoms with Crippen LogP contribution in [0.15, 0.2) is 103 Å². The summed E-state index contributed by atoms with van der Waals surface area (Å²) in [6.45, 7) is 0.0752. The van der Waals surface area contributed by atoms with Crippen molar-refractivity contribution in [2.75, 3.05) is 12.4 Å². The van der Waals surface area contributed by atoms with Gasteiger partial charge in [-0.05, 0) is 52.4 Å². The highest BCUT2D eigenvalue weighted by atomic mass is 35.5. The van der Waals surface area contributed by atoms with Gasteiger partial charge in [0.1, 0.15) is 6.33 Å². The number of aromatic nitrogens is 8. The number of tetrazole rings is 1. The van der Waals surface area contributed by atoms with E-state index in [0.717, 1.165) is 11.1 Å². The van der Waals surface area contributed by atoms with Crippen molar-refractivity contribution in [3.05, 3.63) is 130 Å². The lowest BCUT2D eigenvalue weighted by molar-refractivity contribution is -0.615. The van der Waals surface area contributed by atoms with Gasteiger partial charge in [-0.1, -0.05) is 29.8 Å². The maximum Gasteiger partial charge on any atom is 0.411 e. The summed E-state index contributed by atoms with van der Waals surface area (Å²) in [5.41, 5.74) is 2.61. The first-order valence-corrected chi connectivity index (χ1v) is 13.8. The lowest BCUT2D eigenvalue weighted by Gasteiger charge is -2.19. The quantitative estimate of drug-likeness (QED) is 0.194. The summed E-state index contributed by atoms with van der Waals surface area (Å²) in [7, 11) is 1.28. The second kappa shape index (κ2) is 12.4. The van der Waals surface area contributed by atoms with E-state index >= 15 is 4.39 Å². The number of hydrogen-bond acceptors (Lipinski definition) is 8. The molecule has 15 heteroatoms. The number of nitrogens with one attached hydrogen (secondary N) is 1. The summed E-state index contributed by atoms with van der Waals surface area (Å²) in [4.78, 5) is 24.2. The summed E-state index contributed by atoms with van der Waals surface area (Å²) < 4.78 is 25.0. The number of nitrogens with zero attached hydrogens (tertiary/aromatic N) is 8. The van der Waals surface area contributed by atoms with Crippen LogP contribution in [0.2, 0.25) is 5.02 Å². The molecule has 0 saturated heterocycles. The van der Waals surface area contributed by atoms with Crippen LogP contribution in [-0.4, -0.2) is 47.8 Å². The molecule has 4 aromatic heterocycles. The van der Waals surface area contributed by atoms with E-state index in [0.29, 0.717) is 10.4 Å². The van der Waals surface area contributed by atoms with Crippen molar-refractivity contribution in [2.24, 2.45) is 0 Å². The molecule has 0 aliphatic heterocycles. The molecule has 0 aliphatic rings. The molecule has 4 heterocycles. The molecule has 226 valence electrons. The second-order valence-corrected chi connectivity index (χ2v) is 10.2. The van der Waals surface area contributed by atoms with Crippen LogP contribution in [0.25, 0.3) is 27.9 Å². The molecule has 6 rings (SSSR count). The molecule has 45 heavy (non-hydrogen) atoms. The van der Waals surface area contributed by atoms with E-state index in [1.807, 2.05) is 0 Å². The fourth-order valence-electron chi connectivity index (χ4n) is 4.86. The maximum atomic E-state index is 15.4. The van der Waals surface area contributed by atoms with E-state index in [-0.39, 0.29) is 39.6 Å². The molecule has 1 unspecified atom stereocenters. The van der Waals surface area contributed by atoms with E-state index in [4.69, 9.17) is 11.6 Å². The number of carbonyl (C=O) groups is 1. The molecule has 0 fully saturated rings. The van der Waals surface area contributed by atoms with E-state index in [1.54, 1.807) is 77.9 Å². The van der Waals surface area contributed by atoms with Gasteiger partial charge in [-0.3, -0.25) is 14.8 Å². The Morgan fingerprint density at radius 3 is 2.60 bits per heavy atom. The average Bonchev–Trinajstić information content (AvgIpc) is 3.76. The largest absolute Gasteiger partial charge is 0.618 e. The number of halogens is 2. The van der Waals surface area contributed by atoms with Crippen molar-refractivity contribution in [3.63, 3.8) is 0 Å². The van der Waals surface area contributed by atoms with E-state index in [9.17, 15) is 14.8 Å². The number of benzene rings is 2. The van der Waals surface area contributed by atoms with Gasteiger partial charge in [0, 0.05) is 35.8 Å². The minimum Gasteiger partial charge on any atom is -0.618 e. The van der Waals surface area contributed by atoms with Crippen LogP contribution >= 0.6 is 11.6 Å². The Balaban J connectivity index is 1.39. The van der Waals surface area contributed by atoms with Crippen molar-refractivity contribution < 1.29 is 18.7 Å². The summed E-state index contributed by atoms with van der Waals surface area (Å²) in [6.07, 6.45) is 6.95. The van der Waals surface area contributed by atoms with E-state index in [2.05, 4.69) is 30.7 Å². The van der Waals surface area contributed by atoms with Gasteiger partial charge in [0.15, 0.2) is 18.1 Å². The number of rotatable bonds is 8. The maximum absolute atomic E-state index is 15.4. The first kappa shape index (κ1) is 29.2. The molecule has 0 aliphatic carbocycles. The summed E-state index contributed by atoms with van der Waals surface area (Å²) in [5.74, 6) is -0.741. The normalized spacial score (nSPS) is 11.7. The van der Waals surface area contributed by atoms with Gasteiger partial charge in [0.05, 0.1) is 41.7 Å². The molecule has 1 N–H and O–H groups in total. The number of hydrogen-bond donors (Lipinski definition) is 1. The van der Waals surface area contributed by atoms with Crippen molar-refractivity contribution >= 4 is 23.4 Å². The minimum atomic E-state index is -0.742. The van der Waals surface area contributed by atoms with Gasteiger partial charge >= 0.3 is 6.09 Å². The Morgan fingerprint density at radius 1 is 1.09 bits per heavy atom. The molecule has 0 bridgehead atoms. The second-order valence-electron chi connectivity index (χ2n) is 9.79. The summed E-state index contributed by atoms with van der Waals surface area (Å²) in [6, 6.07) is 17.1. The standard InChI is InChI=1S/C30H23ClFN9O4/c1-45-30(43)35-22-8-5-19(6-9-22)21-14-34-39(15-21)26(17-38-13-3-2-4-27(38)42)24-11-7-20(16-41(24)44)28-25(40-18-33-36-37-40)12-10-23(31)29(28)32/h2-16,18,26H,17H2,1H3,(H,35,43). The lowest BCUT2D eigenvalue weighted by atomic mass is 10.0. The topological polar surface area (TPSA) is 149 Å². The smallest absolute Gasteiger partial charge is 0.411 e. The molecule has 1 atom stereocenters. The van der Waals surface area contributed by atoms with Crippen molar-refractivity contribution in [2.45, 2.75) is 12.6 Å². The minimum absolute atomic E-state index is 0.0355. The summed E-state index contributed by atoms with van der Waals surface area (Å²) >= 11 is 6.11. The zero-order valence-electron chi connectivity index (χ0n) is 23.5. The Labute approximate surface area is 259 Å². The van der Waals surface area contributed by atoms with Crippen LogP contribution in [0.4, 0.5) is 14.9 Å². The van der Waals surface area contributed by atoms with Gasteiger partial charge < -0.3 is 14.5 Å². The van der Waals surface area contributed by atoms with Gasteiger partial charge in [-0.15, -0.1) is 5.10 Å². The molecular formula is C30H23ClFN9O4. The highest BCUT2D eigenvalue weighted by Crippen LogP contribution is 2.33. The number of methoxy groups -OCH3 is 1. The lowest BCUT2D eigenvalue weighted by Crippen LogP contribution is -2.38. The van der Waals surface area contributed by atoms with Gasteiger partial charge in [0.2, 0.25) is 5.69 Å². The monoisotopic (exact) mass is 627 g/mol. The number of pyridine rings is 2. The number of carbonyl (C=O) groups excluding carboxylic acids is 1. The van der Waals surface area contributed by atoms with Gasteiger partial charge in [0.25, 0.3) is 5.56 Å². The fourth-order valence-corrected chi connectivity index (χ4v) is 5.02. The predicted octanol–water partition coefficient (Wildman–Crippen LogP) is 4.25. The van der Waals surface area contributed by atoms with Crippen molar-refractivity contribution in [1.29, 1.82) is 0 Å². The van der Waals surface area contributed by atoms with Crippen LogP contribution < -0.4 is 15.6 Å². The molecule has 2 aromatic carbocycles. The van der Waals surface area contributed by atoms with E-state index in [1.165, 1.54) is 41.0 Å². The predicted molar refractivity (Wildman–Crippen MR) is 161 cm³/mol. The Kier molecular flexibility index (Phi) is 8.03. The first-order valence-electron chi connectivity index (χ1n) is 13.4. The zero-order chi connectivity index (χ0) is 31.5. The number of anilines is 1. The third kappa shape index (κ3) is 5.99. The van der Waals surface area contributed by atoms with Crippen LogP contribution in [0.3, 0.4) is 0 Å². The Hall–Kier alpha value is -5.89. The highest BCUT2D eigenvalue weighted by Gasteiger charge is 2.26. The van der Waals surface area contributed by atoms with Crippen LogP contribution in [0.5, 0.6) is 0 Å². The van der Waals surface area contributed by atoms with Crippen LogP contribution in [0.1, 0.15) is 11.7 Å². The average molecular weight is 628 g/mol. The SMILES string of the molecule is COC(=O)Nc1ccc(-c2cnn(C(Cn3ccccc3=O)c3ccc(-c4c(-n5cnnn5)ccc(Cl)c4F)c[n+]3[O-])c2)cc1. The number of ether oxygens (including phenoxy) is 1. The summed E-state index contributed by atoms with van der Waals surface area (Å²) in [5, 5.41) is 31.7. The van der Waals surface area contributed by atoms with E-state index < -0.39 is 18.0 Å². The molecule has 6 aromatic rings. The molecule has 13 nitrogen and oxygen atoms in total. The van der Waals surface area contributed by atoms with Crippen LogP contribution in [-0.2, 0) is 11.3 Å². The molecule has 1 amide bonds. The van der Waals surface area contributed by atoms with Gasteiger partial charge in [-0.2, -0.15) is 14.5 Å². The Bertz CT molecular complexity index is 2050. The molecule has 0 spiro atoms. The molecule has 0 radical (unpaired) electrons. The zero-order valence-corrected chi connectivity index (χ0v) is 24.2. The van der Waals surface area contributed by atoms with Crippen molar-refractivity contribution in [1.82, 2.24) is 34.6 Å². The third-order valence-electron chi connectivity index (χ3n) is 7.08. The highest BCUT2D eigenvalue weighted by molar-refractivity contribution is 6.31. The fraction of sp³-hybridized carbons (Fsp3) is 0.100. The number of amides is 1. The molecule has 0 saturated carbocycles. The third-order valence-corrected chi connectivity index (χ3v) is 7.37. The Morgan fingerprint density at radius 2 is 1.89 bits per heavy atom.